The van der Waals surface area contributed by atoms with E-state index in [-0.39, 0.29) is 37.7 Å². The fraction of sp³-hybridized carbons (Fsp3) is 0.448. The smallest absolute Gasteiger partial charge is 0.326 e. The Hall–Kier alpha value is -4.92. The summed E-state index contributed by atoms with van der Waals surface area (Å²) in [7, 11) is 0. The molecule has 5 atom stereocenters. The zero-order valence-corrected chi connectivity index (χ0v) is 24.9. The van der Waals surface area contributed by atoms with E-state index in [9.17, 15) is 24.3 Å². The van der Waals surface area contributed by atoms with Gasteiger partial charge in [-0.1, -0.05) is 38.5 Å². The Bertz CT molecular complexity index is 1430. The summed E-state index contributed by atoms with van der Waals surface area (Å²) in [6, 6.07) is 3.28. The van der Waals surface area contributed by atoms with E-state index in [4.69, 9.17) is 17.2 Å². The van der Waals surface area contributed by atoms with Crippen molar-refractivity contribution >= 4 is 40.6 Å². The van der Waals surface area contributed by atoms with Gasteiger partial charge in [0.05, 0.1) is 12.4 Å². The molecule has 1 aromatic carbocycles. The van der Waals surface area contributed by atoms with Crippen molar-refractivity contribution in [3.63, 3.8) is 0 Å². The Kier molecular flexibility index (Phi) is 12.3. The second-order valence-electron chi connectivity index (χ2n) is 10.7. The van der Waals surface area contributed by atoms with Crippen molar-refractivity contribution in [1.29, 1.82) is 0 Å². The molecule has 12 N–H and O–H groups in total. The molecule has 3 amide bonds. The number of aliphatic carboxylic acids is 1. The summed E-state index contributed by atoms with van der Waals surface area (Å²) in [5.74, 6) is -3.55. The molecule has 5 unspecified atom stereocenters. The van der Waals surface area contributed by atoms with E-state index in [0.717, 1.165) is 16.5 Å². The number of benzene rings is 1. The SMILES string of the molecule is CCC(C)C(NC(=O)C(Cc1cnc[nH]1)NC(=O)C(N)Cc1c[nH]c2ccccc12)C(=O)NC(CCCN=C(N)N)C(=O)O. The molecule has 0 aliphatic carbocycles. The van der Waals surface area contributed by atoms with E-state index < -0.39 is 47.9 Å². The molecule has 15 nitrogen and oxygen atoms in total. The first-order valence-corrected chi connectivity index (χ1v) is 14.5. The third-order valence-electron chi connectivity index (χ3n) is 7.42. The van der Waals surface area contributed by atoms with Crippen LogP contribution in [0, 0.1) is 5.92 Å². The Balaban J connectivity index is 1.72. The second kappa shape index (κ2) is 16.1. The number of hydrogen-bond acceptors (Lipinski definition) is 7. The van der Waals surface area contributed by atoms with Crippen molar-refractivity contribution < 1.29 is 24.3 Å². The van der Waals surface area contributed by atoms with Crippen LogP contribution >= 0.6 is 0 Å². The predicted octanol–water partition coefficient (Wildman–Crippen LogP) is -0.358. The van der Waals surface area contributed by atoms with E-state index in [1.165, 1.54) is 12.5 Å². The number of carboxylic acid groups (broad SMARTS) is 1. The third kappa shape index (κ3) is 9.55. The molecular formula is C29H42N10O5. The van der Waals surface area contributed by atoms with Crippen molar-refractivity contribution in [2.24, 2.45) is 28.1 Å². The number of nitrogens with zero attached hydrogens (tertiary/aromatic N) is 2. The van der Waals surface area contributed by atoms with Crippen molar-refractivity contribution in [3.8, 4) is 0 Å². The average molecular weight is 611 g/mol. The van der Waals surface area contributed by atoms with Gasteiger partial charge < -0.3 is 48.2 Å². The highest BCUT2D eigenvalue weighted by atomic mass is 16.4. The van der Waals surface area contributed by atoms with Crippen LogP contribution in [0.25, 0.3) is 10.9 Å². The number of H-pyrrole nitrogens is 2. The van der Waals surface area contributed by atoms with Crippen LogP contribution in [-0.2, 0) is 32.0 Å². The summed E-state index contributed by atoms with van der Waals surface area (Å²) in [6.45, 7) is 3.80. The fourth-order valence-electron chi connectivity index (χ4n) is 4.71. The van der Waals surface area contributed by atoms with Gasteiger partial charge in [0.1, 0.15) is 18.1 Å². The van der Waals surface area contributed by atoms with Gasteiger partial charge in [0.25, 0.3) is 0 Å². The molecule has 3 rings (SSSR count). The van der Waals surface area contributed by atoms with Crippen LogP contribution in [0.3, 0.4) is 0 Å². The number of nitrogens with two attached hydrogens (primary N) is 3. The Labute approximate surface area is 254 Å². The van der Waals surface area contributed by atoms with E-state index in [0.29, 0.717) is 18.5 Å². The molecule has 0 aliphatic heterocycles. The minimum atomic E-state index is -1.23. The van der Waals surface area contributed by atoms with Gasteiger partial charge in [-0.3, -0.25) is 19.4 Å². The Morgan fingerprint density at radius 1 is 1.00 bits per heavy atom. The number of amides is 3. The maximum absolute atomic E-state index is 13.6. The van der Waals surface area contributed by atoms with Crippen LogP contribution < -0.4 is 33.2 Å². The quantitative estimate of drug-likeness (QED) is 0.0548. The fourth-order valence-corrected chi connectivity index (χ4v) is 4.71. The number of aliphatic imine (C=N–C) groups is 1. The lowest BCUT2D eigenvalue weighted by Gasteiger charge is -2.28. The number of aromatic nitrogens is 3. The summed E-state index contributed by atoms with van der Waals surface area (Å²) in [4.78, 5) is 65.9. The van der Waals surface area contributed by atoms with Gasteiger partial charge in [-0.2, -0.15) is 0 Å². The molecule has 2 heterocycles. The number of carbonyl (C=O) groups excluding carboxylic acids is 3. The Morgan fingerprint density at radius 3 is 2.39 bits per heavy atom. The van der Waals surface area contributed by atoms with E-state index in [1.807, 2.05) is 31.2 Å². The molecule has 0 saturated carbocycles. The normalized spacial score (nSPS) is 14.5. The van der Waals surface area contributed by atoms with Crippen LogP contribution in [-0.4, -0.2) is 80.4 Å². The van der Waals surface area contributed by atoms with Crippen LogP contribution in [0.1, 0.15) is 44.4 Å². The molecule has 0 radical (unpaired) electrons. The van der Waals surface area contributed by atoms with Gasteiger partial charge in [0.15, 0.2) is 5.96 Å². The van der Waals surface area contributed by atoms with Crippen LogP contribution in [0.2, 0.25) is 0 Å². The molecule has 0 fully saturated rings. The highest BCUT2D eigenvalue weighted by molar-refractivity contribution is 5.94. The van der Waals surface area contributed by atoms with Gasteiger partial charge in [-0.25, -0.2) is 9.78 Å². The number of imidazole rings is 1. The summed E-state index contributed by atoms with van der Waals surface area (Å²) < 4.78 is 0. The molecule has 3 aromatic rings. The highest BCUT2D eigenvalue weighted by Crippen LogP contribution is 2.19. The first kappa shape index (κ1) is 33.6. The van der Waals surface area contributed by atoms with Crippen LogP contribution in [0.4, 0.5) is 0 Å². The summed E-state index contributed by atoms with van der Waals surface area (Å²) in [5.41, 5.74) is 19.2. The monoisotopic (exact) mass is 610 g/mol. The number of carbonyl (C=O) groups is 4. The van der Waals surface area contributed by atoms with Crippen LogP contribution in [0.15, 0.2) is 48.0 Å². The molecule has 0 spiro atoms. The van der Waals surface area contributed by atoms with E-state index >= 15 is 0 Å². The van der Waals surface area contributed by atoms with E-state index in [1.54, 1.807) is 13.1 Å². The molecule has 44 heavy (non-hydrogen) atoms. The molecule has 0 saturated heterocycles. The minimum absolute atomic E-state index is 0.0504. The number of guanidine groups is 1. The topological polar surface area (TPSA) is 259 Å². The van der Waals surface area contributed by atoms with Gasteiger partial charge in [-0.15, -0.1) is 0 Å². The average Bonchev–Trinajstić information content (AvgIpc) is 3.66. The maximum atomic E-state index is 13.6. The van der Waals surface area contributed by atoms with Gasteiger partial charge in [0.2, 0.25) is 17.7 Å². The molecule has 0 aliphatic rings. The van der Waals surface area contributed by atoms with Crippen molar-refractivity contribution in [1.82, 2.24) is 30.9 Å². The van der Waals surface area contributed by atoms with Crippen molar-refractivity contribution in [2.75, 3.05) is 6.54 Å². The number of nitrogens with one attached hydrogen (secondary N) is 5. The molecule has 0 bridgehead atoms. The highest BCUT2D eigenvalue weighted by Gasteiger charge is 2.33. The van der Waals surface area contributed by atoms with Crippen molar-refractivity contribution in [2.45, 2.75) is 70.1 Å². The summed E-state index contributed by atoms with van der Waals surface area (Å²) in [5, 5.41) is 18.6. The predicted molar refractivity (Wildman–Crippen MR) is 165 cm³/mol. The molecular weight excluding hydrogens is 568 g/mol. The number of carboxylic acids is 1. The first-order valence-electron chi connectivity index (χ1n) is 14.5. The van der Waals surface area contributed by atoms with Crippen molar-refractivity contribution in [3.05, 3.63) is 54.2 Å². The standard InChI is InChI=1S/C29H42N10O5/c1-3-16(2)24(27(42)37-22(28(43)44)9-6-10-34-29(31)32)39-26(41)23(12-18-14-33-15-36-18)38-25(40)20(30)11-17-13-35-21-8-5-4-7-19(17)21/h4-5,7-8,13-16,20,22-24,35H,3,6,9-12,30H2,1-2H3,(H,33,36)(H,37,42)(H,38,40)(H,39,41)(H,43,44)(H4,31,32,34). The number of aromatic amines is 2. The van der Waals surface area contributed by atoms with Gasteiger partial charge >= 0.3 is 5.97 Å². The number of fused-ring (bicyclic) bond motifs is 1. The van der Waals surface area contributed by atoms with Gasteiger partial charge in [-0.05, 0) is 36.8 Å². The lowest BCUT2D eigenvalue weighted by Crippen LogP contribution is -2.59. The maximum Gasteiger partial charge on any atom is 0.326 e. The minimum Gasteiger partial charge on any atom is -0.480 e. The lowest BCUT2D eigenvalue weighted by atomic mass is 9.96. The Morgan fingerprint density at radius 2 is 1.73 bits per heavy atom. The van der Waals surface area contributed by atoms with Gasteiger partial charge in [0, 0.05) is 42.0 Å². The van der Waals surface area contributed by atoms with Crippen LogP contribution in [0.5, 0.6) is 0 Å². The number of rotatable bonds is 17. The lowest BCUT2D eigenvalue weighted by molar-refractivity contribution is -0.142. The largest absolute Gasteiger partial charge is 0.480 e. The molecule has 2 aromatic heterocycles. The van der Waals surface area contributed by atoms with E-state index in [2.05, 4.69) is 35.9 Å². The number of hydrogen-bond donors (Lipinski definition) is 9. The number of para-hydroxylation sites is 1. The molecule has 238 valence electrons. The second-order valence-corrected chi connectivity index (χ2v) is 10.7. The zero-order valence-electron chi connectivity index (χ0n) is 24.9. The molecule has 15 heteroatoms. The zero-order chi connectivity index (χ0) is 32.2. The summed E-state index contributed by atoms with van der Waals surface area (Å²) in [6.07, 6.45) is 5.94. The first-order chi connectivity index (χ1) is 21.0. The summed E-state index contributed by atoms with van der Waals surface area (Å²) >= 11 is 0. The third-order valence-corrected chi connectivity index (χ3v) is 7.42.